The highest BCUT2D eigenvalue weighted by Gasteiger charge is 2.47. The summed E-state index contributed by atoms with van der Waals surface area (Å²) in [7, 11) is 1.49. The standard InChI is InChI=1S/C12H12FNO2/c1-8-10(13)4-3-9(11(8)16-2)12(5-6-12)14-7-15/h3-4H,5-6H2,1-2H3. The van der Waals surface area contributed by atoms with Gasteiger partial charge in [-0.15, -0.1) is 0 Å². The third kappa shape index (κ3) is 1.51. The van der Waals surface area contributed by atoms with Gasteiger partial charge in [-0.05, 0) is 31.9 Å². The Hall–Kier alpha value is -1.67. The number of methoxy groups -OCH3 is 1. The predicted octanol–water partition coefficient (Wildman–Crippen LogP) is 2.47. The summed E-state index contributed by atoms with van der Waals surface area (Å²) >= 11 is 0. The molecular formula is C12H12FNO2. The number of hydrogen-bond acceptors (Lipinski definition) is 3. The third-order valence-corrected chi connectivity index (χ3v) is 3.03. The molecule has 4 heteroatoms. The van der Waals surface area contributed by atoms with E-state index in [0.717, 1.165) is 18.4 Å². The van der Waals surface area contributed by atoms with Crippen molar-refractivity contribution in [2.45, 2.75) is 25.3 Å². The summed E-state index contributed by atoms with van der Waals surface area (Å²) in [5, 5.41) is 0. The quantitative estimate of drug-likeness (QED) is 0.581. The number of benzene rings is 1. The minimum Gasteiger partial charge on any atom is -0.496 e. The summed E-state index contributed by atoms with van der Waals surface area (Å²) in [5.41, 5.74) is 0.704. The van der Waals surface area contributed by atoms with Crippen molar-refractivity contribution < 1.29 is 13.9 Å². The molecule has 0 radical (unpaired) electrons. The van der Waals surface area contributed by atoms with Gasteiger partial charge in [-0.2, -0.15) is 4.99 Å². The molecule has 0 aromatic heterocycles. The summed E-state index contributed by atoms with van der Waals surface area (Å²) in [6.45, 7) is 1.65. The molecule has 0 heterocycles. The van der Waals surface area contributed by atoms with Crippen LogP contribution in [0, 0.1) is 12.7 Å². The van der Waals surface area contributed by atoms with Crippen LogP contribution in [0.4, 0.5) is 4.39 Å². The Labute approximate surface area is 93.0 Å². The van der Waals surface area contributed by atoms with Crippen molar-refractivity contribution in [3.63, 3.8) is 0 Å². The number of isocyanates is 1. The number of ether oxygens (including phenoxy) is 1. The fourth-order valence-electron chi connectivity index (χ4n) is 1.94. The van der Waals surface area contributed by atoms with Gasteiger partial charge in [0, 0.05) is 11.1 Å². The first-order chi connectivity index (χ1) is 7.64. The maximum atomic E-state index is 13.4. The molecule has 0 amide bonds. The topological polar surface area (TPSA) is 38.7 Å². The van der Waals surface area contributed by atoms with Crippen molar-refractivity contribution >= 4 is 6.08 Å². The first kappa shape index (κ1) is 10.8. The van der Waals surface area contributed by atoms with Gasteiger partial charge >= 0.3 is 0 Å². The van der Waals surface area contributed by atoms with Crippen LogP contribution in [0.3, 0.4) is 0 Å². The molecule has 0 unspecified atom stereocenters. The number of rotatable bonds is 3. The van der Waals surface area contributed by atoms with Crippen LogP contribution in [-0.2, 0) is 10.3 Å². The lowest BCUT2D eigenvalue weighted by atomic mass is 10.0. The molecule has 1 saturated carbocycles. The average Bonchev–Trinajstić information content (AvgIpc) is 3.03. The average molecular weight is 221 g/mol. The summed E-state index contributed by atoms with van der Waals surface area (Å²) in [5.74, 6) is 0.169. The molecule has 16 heavy (non-hydrogen) atoms. The number of carbonyl (C=O) groups excluding carboxylic acids is 1. The van der Waals surface area contributed by atoms with E-state index in [0.29, 0.717) is 11.3 Å². The monoisotopic (exact) mass is 221 g/mol. The zero-order chi connectivity index (χ0) is 11.8. The Morgan fingerprint density at radius 2 is 2.19 bits per heavy atom. The van der Waals surface area contributed by atoms with Gasteiger partial charge in [0.05, 0.1) is 7.11 Å². The highest BCUT2D eigenvalue weighted by Crippen LogP contribution is 2.52. The van der Waals surface area contributed by atoms with E-state index in [1.165, 1.54) is 13.2 Å². The molecule has 3 nitrogen and oxygen atoms in total. The van der Waals surface area contributed by atoms with Crippen LogP contribution in [0.25, 0.3) is 0 Å². The fraction of sp³-hybridized carbons (Fsp3) is 0.417. The van der Waals surface area contributed by atoms with Gasteiger partial charge in [-0.1, -0.05) is 0 Å². The van der Waals surface area contributed by atoms with Crippen LogP contribution in [0.5, 0.6) is 5.75 Å². The lowest BCUT2D eigenvalue weighted by Crippen LogP contribution is -2.07. The molecule has 1 aromatic rings. The molecule has 0 aliphatic heterocycles. The highest BCUT2D eigenvalue weighted by atomic mass is 19.1. The Morgan fingerprint density at radius 3 is 2.69 bits per heavy atom. The van der Waals surface area contributed by atoms with Crippen molar-refractivity contribution in [3.05, 3.63) is 29.1 Å². The molecule has 1 aliphatic rings. The third-order valence-electron chi connectivity index (χ3n) is 3.03. The van der Waals surface area contributed by atoms with Crippen molar-refractivity contribution in [1.82, 2.24) is 0 Å². The second-order valence-corrected chi connectivity index (χ2v) is 3.99. The molecule has 1 aliphatic carbocycles. The van der Waals surface area contributed by atoms with Crippen LogP contribution < -0.4 is 4.74 Å². The van der Waals surface area contributed by atoms with E-state index < -0.39 is 5.54 Å². The molecule has 2 rings (SSSR count). The van der Waals surface area contributed by atoms with E-state index >= 15 is 0 Å². The molecular weight excluding hydrogens is 209 g/mol. The largest absolute Gasteiger partial charge is 0.496 e. The molecule has 0 N–H and O–H groups in total. The van der Waals surface area contributed by atoms with E-state index in [9.17, 15) is 9.18 Å². The zero-order valence-corrected chi connectivity index (χ0v) is 9.21. The molecule has 0 saturated heterocycles. The maximum absolute atomic E-state index is 13.4. The fourth-order valence-corrected chi connectivity index (χ4v) is 1.94. The van der Waals surface area contributed by atoms with E-state index in [4.69, 9.17) is 4.74 Å². The summed E-state index contributed by atoms with van der Waals surface area (Å²) in [6, 6.07) is 3.02. The summed E-state index contributed by atoms with van der Waals surface area (Å²) in [6.07, 6.45) is 3.14. The van der Waals surface area contributed by atoms with Crippen LogP contribution in [0.2, 0.25) is 0 Å². The maximum Gasteiger partial charge on any atom is 0.235 e. The number of halogens is 1. The number of aliphatic imine (C=N–C) groups is 1. The molecule has 0 atom stereocenters. The van der Waals surface area contributed by atoms with Crippen molar-refractivity contribution in [2.75, 3.05) is 7.11 Å². The lowest BCUT2D eigenvalue weighted by Gasteiger charge is -2.15. The number of nitrogens with zero attached hydrogens (tertiary/aromatic N) is 1. The van der Waals surface area contributed by atoms with Gasteiger partial charge in [0.15, 0.2) is 0 Å². The van der Waals surface area contributed by atoms with E-state index in [-0.39, 0.29) is 5.82 Å². The molecule has 1 fully saturated rings. The van der Waals surface area contributed by atoms with Gasteiger partial charge in [-0.3, -0.25) is 0 Å². The van der Waals surface area contributed by atoms with Gasteiger partial charge in [0.2, 0.25) is 6.08 Å². The second kappa shape index (κ2) is 3.72. The molecule has 0 spiro atoms. The van der Waals surface area contributed by atoms with Crippen LogP contribution >= 0.6 is 0 Å². The number of hydrogen-bond donors (Lipinski definition) is 0. The van der Waals surface area contributed by atoms with E-state index in [1.807, 2.05) is 0 Å². The highest BCUT2D eigenvalue weighted by molar-refractivity contribution is 5.50. The van der Waals surface area contributed by atoms with Crippen LogP contribution in [0.1, 0.15) is 24.0 Å². The van der Waals surface area contributed by atoms with Crippen molar-refractivity contribution in [3.8, 4) is 5.75 Å². The van der Waals surface area contributed by atoms with E-state index in [1.54, 1.807) is 19.1 Å². The predicted molar refractivity (Wildman–Crippen MR) is 56.7 cm³/mol. The summed E-state index contributed by atoms with van der Waals surface area (Å²) in [4.78, 5) is 14.2. The minimum atomic E-state index is -0.522. The minimum absolute atomic E-state index is 0.313. The summed E-state index contributed by atoms with van der Waals surface area (Å²) < 4.78 is 18.6. The van der Waals surface area contributed by atoms with E-state index in [2.05, 4.69) is 4.99 Å². The Balaban J connectivity index is 2.57. The first-order valence-corrected chi connectivity index (χ1v) is 5.07. The van der Waals surface area contributed by atoms with Gasteiger partial charge in [0.25, 0.3) is 0 Å². The van der Waals surface area contributed by atoms with Gasteiger partial charge < -0.3 is 4.74 Å². The normalized spacial score (nSPS) is 16.4. The SMILES string of the molecule is COc1c(C2(N=C=O)CC2)ccc(F)c1C. The van der Waals surface area contributed by atoms with Crippen molar-refractivity contribution in [2.24, 2.45) is 4.99 Å². The Morgan fingerprint density at radius 1 is 1.50 bits per heavy atom. The van der Waals surface area contributed by atoms with Crippen molar-refractivity contribution in [1.29, 1.82) is 0 Å². The zero-order valence-electron chi connectivity index (χ0n) is 9.21. The Bertz CT molecular complexity index is 474. The molecule has 0 bridgehead atoms. The Kier molecular flexibility index (Phi) is 2.52. The van der Waals surface area contributed by atoms with Gasteiger partial charge in [-0.25, -0.2) is 9.18 Å². The van der Waals surface area contributed by atoms with Crippen LogP contribution in [-0.4, -0.2) is 13.2 Å². The molecule has 1 aromatic carbocycles. The second-order valence-electron chi connectivity index (χ2n) is 3.99. The van der Waals surface area contributed by atoms with Gasteiger partial charge in [0.1, 0.15) is 17.1 Å². The smallest absolute Gasteiger partial charge is 0.235 e. The van der Waals surface area contributed by atoms with Crippen LogP contribution in [0.15, 0.2) is 17.1 Å². The first-order valence-electron chi connectivity index (χ1n) is 5.07. The lowest BCUT2D eigenvalue weighted by molar-refractivity contribution is 0.396. The molecule has 84 valence electrons.